The van der Waals surface area contributed by atoms with Crippen molar-refractivity contribution in [3.05, 3.63) is 377 Å². The predicted molar refractivity (Wildman–Crippen MR) is 528 cm³/mol. The van der Waals surface area contributed by atoms with Gasteiger partial charge in [0.05, 0.1) is 34.2 Å². The molecule has 31 nitrogen and oxygen atoms in total. The fraction of sp³-hybridized carbons (Fsp3) is 0.192. The summed E-state index contributed by atoms with van der Waals surface area (Å²) in [7, 11) is 15.6. The number of aromatic nitrogens is 6. The highest BCUT2D eigenvalue weighted by Gasteiger charge is 2.27. The van der Waals surface area contributed by atoms with Gasteiger partial charge in [0.2, 0.25) is 0 Å². The smallest absolute Gasteiger partial charge is 0.345 e. The van der Waals surface area contributed by atoms with Crippen LogP contribution in [0.5, 0.6) is 5.75 Å². The molecule has 1 aliphatic rings. The van der Waals surface area contributed by atoms with Gasteiger partial charge in [-0.05, 0) is 221 Å². The molecule has 1 saturated carbocycles. The molecule has 0 atom stereocenters. The van der Waals surface area contributed by atoms with E-state index in [0.717, 1.165) is 115 Å². The van der Waals surface area contributed by atoms with E-state index in [4.69, 9.17) is 26.8 Å². The second-order valence-corrected chi connectivity index (χ2v) is 32.7. The first kappa shape index (κ1) is 100. The van der Waals surface area contributed by atoms with Crippen LogP contribution in [-0.4, -0.2) is 158 Å². The van der Waals surface area contributed by atoms with Gasteiger partial charge in [-0.2, -0.15) is 0 Å². The van der Waals surface area contributed by atoms with Crippen molar-refractivity contribution >= 4 is 69.9 Å². The van der Waals surface area contributed by atoms with Gasteiger partial charge in [-0.3, -0.25) is 28.8 Å². The minimum atomic E-state index is -1.46. The fourth-order valence-electron chi connectivity index (χ4n) is 15.1. The summed E-state index contributed by atoms with van der Waals surface area (Å²) in [6, 6.07) is 71.3. The Morgan fingerprint density at radius 2 is 0.607 bits per heavy atom. The molecular weight excluding hydrogens is 1720 g/mol. The van der Waals surface area contributed by atoms with Crippen molar-refractivity contribution in [2.24, 2.45) is 0 Å². The van der Waals surface area contributed by atoms with Crippen LogP contribution < -0.4 is 64.4 Å². The third-order valence-corrected chi connectivity index (χ3v) is 22.4. The van der Waals surface area contributed by atoms with Crippen LogP contribution in [0.1, 0.15) is 152 Å². The van der Waals surface area contributed by atoms with Crippen LogP contribution in [0.4, 0.5) is 34.1 Å². The van der Waals surface area contributed by atoms with E-state index in [-0.39, 0.29) is 34.2 Å². The lowest BCUT2D eigenvalue weighted by Gasteiger charge is -2.24. The molecule has 696 valence electrons. The summed E-state index contributed by atoms with van der Waals surface area (Å²) in [5.41, 5.74) is 25.9. The lowest BCUT2D eigenvalue weighted by atomic mass is 9.82. The van der Waals surface area contributed by atoms with E-state index >= 15 is 0 Å². The van der Waals surface area contributed by atoms with Gasteiger partial charge >= 0.3 is 35.8 Å². The lowest BCUT2D eigenvalue weighted by Crippen LogP contribution is -2.21. The second kappa shape index (κ2) is 45.4. The van der Waals surface area contributed by atoms with Crippen LogP contribution in [0.25, 0.3) is 67.5 Å². The largest absolute Gasteiger partial charge is 0.506 e. The molecule has 0 saturated heterocycles. The lowest BCUT2D eigenvalue weighted by molar-refractivity contribution is 0.0680. The average molecular weight is 1830 g/mol. The molecule has 31 heteroatoms. The Hall–Kier alpha value is -17.1. The Bertz CT molecular complexity index is 7000. The number of anilines is 6. The summed E-state index contributed by atoms with van der Waals surface area (Å²) < 4.78 is 0. The molecule has 15 rings (SSSR count). The number of rotatable bonds is 22. The molecule has 0 unspecified atom stereocenters. The number of nitrogen functional groups attached to an aromatic ring is 2. The highest BCUT2D eigenvalue weighted by atomic mass is 16.4. The van der Waals surface area contributed by atoms with Crippen molar-refractivity contribution in [2.75, 3.05) is 87.4 Å². The molecule has 0 spiro atoms. The molecule has 17 N–H and O–H groups in total. The maximum absolute atomic E-state index is 12.3. The summed E-state index contributed by atoms with van der Waals surface area (Å²) in [6.45, 7) is 5.42. The maximum atomic E-state index is 12.3. The Kier molecular flexibility index (Phi) is 33.7. The molecule has 8 aromatic carbocycles. The average Bonchev–Trinajstić information content (AvgIpc) is 0.757. The molecule has 6 heterocycles. The normalized spacial score (nSPS) is 11.3. The summed E-state index contributed by atoms with van der Waals surface area (Å²) in [5, 5.41) is 65.2. The zero-order valence-corrected chi connectivity index (χ0v) is 76.2. The fourth-order valence-corrected chi connectivity index (χ4v) is 15.1. The van der Waals surface area contributed by atoms with E-state index in [0.29, 0.717) is 75.3 Å². The van der Waals surface area contributed by atoms with Crippen LogP contribution in [0.3, 0.4) is 0 Å². The number of aromatic amines is 6. The van der Waals surface area contributed by atoms with E-state index < -0.39 is 80.5 Å². The van der Waals surface area contributed by atoms with Gasteiger partial charge in [-0.1, -0.05) is 160 Å². The first-order chi connectivity index (χ1) is 64.2. The summed E-state index contributed by atoms with van der Waals surface area (Å²) in [4.78, 5) is 163. The van der Waals surface area contributed by atoms with Crippen molar-refractivity contribution in [1.82, 2.24) is 29.9 Å². The van der Waals surface area contributed by atoms with E-state index in [1.54, 1.807) is 68.4 Å². The molecule has 0 radical (unpaired) electrons. The summed E-state index contributed by atoms with van der Waals surface area (Å²) in [6.07, 6.45) is 7.02. The maximum Gasteiger partial charge on any atom is 0.345 e. The van der Waals surface area contributed by atoms with E-state index in [1.165, 1.54) is 30.7 Å². The number of nitrogens with two attached hydrogens (primary N) is 2. The van der Waals surface area contributed by atoms with Gasteiger partial charge < -0.3 is 96.7 Å². The first-order valence-corrected chi connectivity index (χ1v) is 42.8. The quantitative estimate of drug-likeness (QED) is 0.0280. The molecule has 1 aliphatic carbocycles. The molecule has 6 aromatic heterocycles. The molecule has 1 fully saturated rings. The number of carbonyl (C=O) groups is 6. The number of nitrogens with one attached hydrogen (secondary N) is 6. The molecule has 14 aromatic rings. The second-order valence-electron chi connectivity index (χ2n) is 32.7. The number of hydrogen-bond acceptors (Lipinski definition) is 19. The Balaban J connectivity index is 0.000000169. The standard InChI is InChI=1S/C21H20N2O4.C21H20N2O3.C20H24N2O3.C15H16N2O3.C14H14N2O3.C13H12N2O3/c1-23(2)15-10-8-14(9-11-15)18-16(12-13-6-4-3-5-7-13)19(24)17(21(26)27)20(25)22-18;1-23(2)17-10-8-15(9-11-17)19-16(12-14-6-4-3-5-7-14)13-18(21(25)26)20(24)22-19;1-22(2)15-10-8-14(9-11-15)18-16(13-6-4-3-5-7-13)12-17(20(24)25)19(23)21-18;1-9-8-12(15(19)20)14(18)16-13(9)10-4-6-11(7-5-10)17(2)3;1-2-8-7-11(14(18)19)13(17)16-12(8)9-3-5-10(15)6-4-9;1-7-6-10(13(17)18)12(16)15-11(7)8-2-4-9(14)5-3-8/h3-11H,12H2,1-2H3,(H,26,27)(H2,22,24,25);3-11,13H,12H2,1-2H3,(H,22,24)(H,25,26);8-13H,3-7H2,1-2H3,(H,21,23)(H,24,25);4-8H,1-3H3,(H,16,18)(H,19,20);3-7H,2,15H2,1H3,(H,16,17)(H,18,19);2-6H,14H2,1H3,(H,15,16)(H,17,18). The van der Waals surface area contributed by atoms with Crippen molar-refractivity contribution in [1.29, 1.82) is 0 Å². The number of carboxylic acid groups (broad SMARTS) is 6. The highest BCUT2D eigenvalue weighted by molar-refractivity contribution is 5.93. The van der Waals surface area contributed by atoms with Crippen molar-refractivity contribution < 1.29 is 64.5 Å². The van der Waals surface area contributed by atoms with Crippen LogP contribution in [-0.2, 0) is 19.3 Å². The van der Waals surface area contributed by atoms with E-state index in [9.17, 15) is 78.0 Å². The number of aromatic carboxylic acids is 6. The minimum absolute atomic E-state index is 0.172. The van der Waals surface area contributed by atoms with Crippen LogP contribution in [0, 0.1) is 13.8 Å². The van der Waals surface area contributed by atoms with Crippen LogP contribution in [0.2, 0.25) is 0 Å². The van der Waals surface area contributed by atoms with Gasteiger partial charge in [-0.15, -0.1) is 0 Å². The number of H-pyrrole nitrogens is 6. The molecule has 135 heavy (non-hydrogen) atoms. The molecule has 0 aliphatic heterocycles. The third kappa shape index (κ3) is 25.7. The summed E-state index contributed by atoms with van der Waals surface area (Å²) in [5.74, 6) is -7.73. The van der Waals surface area contributed by atoms with Gasteiger partial charge in [-0.25, -0.2) is 28.8 Å². The zero-order chi connectivity index (χ0) is 98.3. The molecule has 0 bridgehead atoms. The minimum Gasteiger partial charge on any atom is -0.506 e. The van der Waals surface area contributed by atoms with Crippen LogP contribution in [0.15, 0.2) is 265 Å². The monoisotopic (exact) mass is 1830 g/mol. The number of nitrogens with zero attached hydrogens (tertiary/aromatic N) is 4. The van der Waals surface area contributed by atoms with Crippen molar-refractivity contribution in [3.63, 3.8) is 0 Å². The zero-order valence-electron chi connectivity index (χ0n) is 76.2. The Morgan fingerprint density at radius 1 is 0.326 bits per heavy atom. The number of benzene rings is 8. The van der Waals surface area contributed by atoms with E-state index in [2.05, 4.69) is 29.9 Å². The Morgan fingerprint density at radius 3 is 0.948 bits per heavy atom. The van der Waals surface area contributed by atoms with Gasteiger partial charge in [0.15, 0.2) is 5.56 Å². The predicted octanol–water partition coefficient (Wildman–Crippen LogP) is 16.0. The first-order valence-electron chi connectivity index (χ1n) is 42.8. The third-order valence-electron chi connectivity index (χ3n) is 22.4. The Labute approximate surface area is 775 Å². The van der Waals surface area contributed by atoms with E-state index in [1.807, 2.05) is 241 Å². The van der Waals surface area contributed by atoms with Gasteiger partial charge in [0, 0.05) is 102 Å². The number of hydrogen-bond donors (Lipinski definition) is 15. The SMILES string of the molecule is CCc1cc(C(=O)O)c(=O)[nH]c1-c1ccc(N)cc1.CN(C)c1ccc(-c2[nH]c(=O)c(C(=O)O)c(O)c2Cc2ccccc2)cc1.CN(C)c1ccc(-c2[nH]c(=O)c(C(=O)O)cc2C2CCCCC2)cc1.CN(C)c1ccc(-c2[nH]c(=O)c(C(=O)O)cc2Cc2ccccc2)cc1.Cc1cc(C(=O)O)c(=O)[nH]c1-c1ccc(N(C)C)cc1.Cc1cc(C(=O)O)c(=O)[nH]c1-c1ccc(N)cc1. The highest BCUT2D eigenvalue weighted by Crippen LogP contribution is 2.39. The number of pyridine rings is 6. The topological polar surface area (TPSA) is 506 Å². The number of aryl methyl sites for hydroxylation is 3. The van der Waals surface area contributed by atoms with Crippen LogP contribution >= 0.6 is 0 Å². The number of carboxylic acids is 6. The van der Waals surface area contributed by atoms with Gasteiger partial charge in [0.25, 0.3) is 33.4 Å². The van der Waals surface area contributed by atoms with Crippen molar-refractivity contribution in [2.45, 2.75) is 78.1 Å². The van der Waals surface area contributed by atoms with Gasteiger partial charge in [0.1, 0.15) is 33.6 Å². The molecular formula is C104H106N12O19. The summed E-state index contributed by atoms with van der Waals surface area (Å²) >= 11 is 0. The van der Waals surface area contributed by atoms with Crippen molar-refractivity contribution in [3.8, 4) is 73.3 Å². The number of aromatic hydroxyl groups is 1. The molecule has 0 amide bonds.